The summed E-state index contributed by atoms with van der Waals surface area (Å²) in [7, 11) is 0. The van der Waals surface area contributed by atoms with Crippen LogP contribution in [0.1, 0.15) is 51.9 Å². The molecular weight excluding hydrogens is 242 g/mol. The monoisotopic (exact) mass is 263 g/mol. The van der Waals surface area contributed by atoms with Gasteiger partial charge in [-0.3, -0.25) is 4.79 Å². The molecular formula is C15H21NO3. The smallest absolute Gasteiger partial charge is 0.318 e. The molecule has 0 aliphatic heterocycles. The average molecular weight is 263 g/mol. The van der Waals surface area contributed by atoms with Crippen molar-refractivity contribution < 1.29 is 14.4 Å². The molecule has 0 aromatic carbocycles. The third-order valence-corrected chi connectivity index (χ3v) is 5.15. The van der Waals surface area contributed by atoms with E-state index in [1.807, 2.05) is 0 Å². The Morgan fingerprint density at radius 2 is 1.68 bits per heavy atom. The Labute approximate surface area is 113 Å². The minimum Gasteiger partial charge on any atom is -0.318 e. The second kappa shape index (κ2) is 4.73. The van der Waals surface area contributed by atoms with Gasteiger partial charge in [-0.15, -0.1) is 0 Å². The van der Waals surface area contributed by atoms with Crippen molar-refractivity contribution in [1.29, 1.82) is 0 Å². The Morgan fingerprint density at radius 3 is 2.16 bits per heavy atom. The topological polar surface area (TPSA) is 55.7 Å². The van der Waals surface area contributed by atoms with Crippen molar-refractivity contribution >= 4 is 18.0 Å². The van der Waals surface area contributed by atoms with Gasteiger partial charge in [-0.1, -0.05) is 12.1 Å². The summed E-state index contributed by atoms with van der Waals surface area (Å²) in [5.41, 5.74) is -0.290. The number of Topliss-reactive ketones (excluding diaryl/α,β-unsaturated/α-hetero) is 1. The van der Waals surface area contributed by atoms with Crippen LogP contribution in [0.15, 0.2) is 5.16 Å². The van der Waals surface area contributed by atoms with Gasteiger partial charge in [0.15, 0.2) is 5.78 Å². The van der Waals surface area contributed by atoms with Gasteiger partial charge in [-0.05, 0) is 56.3 Å². The maximum Gasteiger partial charge on any atom is 0.341 e. The summed E-state index contributed by atoms with van der Waals surface area (Å²) in [6, 6.07) is 0. The summed E-state index contributed by atoms with van der Waals surface area (Å²) in [6.07, 6.45) is 8.30. The number of ketones is 1. The van der Waals surface area contributed by atoms with E-state index in [0.717, 1.165) is 25.5 Å². The summed E-state index contributed by atoms with van der Waals surface area (Å²) in [6.45, 7) is 1.76. The zero-order chi connectivity index (χ0) is 13.5. The van der Waals surface area contributed by atoms with E-state index in [-0.39, 0.29) is 17.2 Å². The van der Waals surface area contributed by atoms with Gasteiger partial charge in [0, 0.05) is 6.42 Å². The number of rotatable bonds is 4. The maximum absolute atomic E-state index is 12.3. The highest BCUT2D eigenvalue weighted by Gasteiger charge is 2.55. The lowest BCUT2D eigenvalue weighted by Crippen LogP contribution is -2.50. The lowest BCUT2D eigenvalue weighted by atomic mass is 9.49. The first-order valence-corrected chi connectivity index (χ1v) is 7.39. The molecule has 0 radical (unpaired) electrons. The van der Waals surface area contributed by atoms with Gasteiger partial charge >= 0.3 is 5.97 Å². The van der Waals surface area contributed by atoms with E-state index < -0.39 is 0 Å². The maximum atomic E-state index is 12.3. The number of oxime groups is 1. The van der Waals surface area contributed by atoms with Crippen molar-refractivity contribution in [3.8, 4) is 0 Å². The van der Waals surface area contributed by atoms with Crippen molar-refractivity contribution in [2.24, 2.45) is 28.3 Å². The van der Waals surface area contributed by atoms with Gasteiger partial charge < -0.3 is 4.84 Å². The van der Waals surface area contributed by atoms with E-state index in [0.29, 0.717) is 24.2 Å². The first-order valence-electron chi connectivity index (χ1n) is 7.39. The molecule has 4 fully saturated rings. The third-order valence-electron chi connectivity index (χ3n) is 5.15. The van der Waals surface area contributed by atoms with Crippen LogP contribution >= 0.6 is 0 Å². The molecule has 4 heteroatoms. The molecule has 4 nitrogen and oxygen atoms in total. The van der Waals surface area contributed by atoms with Crippen LogP contribution in [0.4, 0.5) is 0 Å². The second-order valence-electron chi connectivity index (χ2n) is 6.63. The van der Waals surface area contributed by atoms with E-state index in [4.69, 9.17) is 4.84 Å². The van der Waals surface area contributed by atoms with Crippen LogP contribution in [-0.4, -0.2) is 18.0 Å². The molecule has 4 bridgehead atoms. The minimum atomic E-state index is -0.290. The molecule has 19 heavy (non-hydrogen) atoms. The molecule has 0 amide bonds. The molecule has 0 atom stereocenters. The summed E-state index contributed by atoms with van der Waals surface area (Å²) >= 11 is 0. The molecule has 0 saturated heterocycles. The van der Waals surface area contributed by atoms with E-state index in [1.54, 1.807) is 6.92 Å². The fraction of sp³-hybridized carbons (Fsp3) is 0.800. The van der Waals surface area contributed by atoms with Gasteiger partial charge in [-0.25, -0.2) is 4.79 Å². The van der Waals surface area contributed by atoms with Crippen LogP contribution in [0.2, 0.25) is 0 Å². The predicted octanol–water partition coefficient (Wildman–Crippen LogP) is 2.71. The van der Waals surface area contributed by atoms with Gasteiger partial charge in [0.05, 0.1) is 5.41 Å². The van der Waals surface area contributed by atoms with Crippen LogP contribution in [0.25, 0.3) is 0 Å². The van der Waals surface area contributed by atoms with Gasteiger partial charge in [0.1, 0.15) is 6.21 Å². The number of nitrogens with zero attached hydrogens (tertiary/aromatic N) is 1. The molecule has 104 valence electrons. The highest BCUT2D eigenvalue weighted by Crippen LogP contribution is 2.60. The lowest BCUT2D eigenvalue weighted by molar-refractivity contribution is -0.171. The fourth-order valence-electron chi connectivity index (χ4n) is 4.68. The van der Waals surface area contributed by atoms with Crippen molar-refractivity contribution in [1.82, 2.24) is 0 Å². The van der Waals surface area contributed by atoms with E-state index in [2.05, 4.69) is 5.16 Å². The zero-order valence-electron chi connectivity index (χ0n) is 11.4. The largest absolute Gasteiger partial charge is 0.341 e. The van der Waals surface area contributed by atoms with Crippen molar-refractivity contribution in [2.45, 2.75) is 51.9 Å². The van der Waals surface area contributed by atoms with Crippen LogP contribution < -0.4 is 0 Å². The van der Waals surface area contributed by atoms with Crippen molar-refractivity contribution in [3.05, 3.63) is 0 Å². The Balaban J connectivity index is 1.66. The molecule has 0 N–H and O–H groups in total. The van der Waals surface area contributed by atoms with Crippen LogP contribution in [0, 0.1) is 23.2 Å². The van der Waals surface area contributed by atoms with Crippen molar-refractivity contribution in [2.75, 3.05) is 0 Å². The van der Waals surface area contributed by atoms with E-state index >= 15 is 0 Å². The quantitative estimate of drug-likeness (QED) is 0.445. The van der Waals surface area contributed by atoms with Crippen LogP contribution in [0.5, 0.6) is 0 Å². The molecule has 4 rings (SSSR count). The van der Waals surface area contributed by atoms with Crippen LogP contribution in [-0.2, 0) is 14.4 Å². The normalized spacial score (nSPS) is 39.7. The third kappa shape index (κ3) is 2.33. The van der Waals surface area contributed by atoms with E-state index in [9.17, 15) is 9.59 Å². The van der Waals surface area contributed by atoms with Gasteiger partial charge in [-0.2, -0.15) is 0 Å². The lowest BCUT2D eigenvalue weighted by Gasteiger charge is -2.54. The molecule has 0 unspecified atom stereocenters. The Hall–Kier alpha value is -1.19. The van der Waals surface area contributed by atoms with Gasteiger partial charge in [0.25, 0.3) is 0 Å². The molecule has 0 heterocycles. The molecule has 0 aromatic rings. The van der Waals surface area contributed by atoms with E-state index in [1.165, 1.54) is 19.3 Å². The first kappa shape index (κ1) is 12.8. The summed E-state index contributed by atoms with van der Waals surface area (Å²) in [5, 5.41) is 3.58. The predicted molar refractivity (Wildman–Crippen MR) is 70.5 cm³/mol. The molecule has 4 saturated carbocycles. The number of hydrogen-bond donors (Lipinski definition) is 0. The van der Waals surface area contributed by atoms with Crippen LogP contribution in [0.3, 0.4) is 0 Å². The molecule has 4 aliphatic carbocycles. The first-order chi connectivity index (χ1) is 9.11. The minimum absolute atomic E-state index is 0.113. The molecule has 0 spiro atoms. The van der Waals surface area contributed by atoms with Gasteiger partial charge in [0.2, 0.25) is 0 Å². The summed E-state index contributed by atoms with van der Waals surface area (Å²) in [4.78, 5) is 28.4. The summed E-state index contributed by atoms with van der Waals surface area (Å²) in [5.74, 6) is 1.81. The Bertz CT molecular complexity index is 392. The molecule has 4 aliphatic rings. The highest BCUT2D eigenvalue weighted by atomic mass is 16.7. The van der Waals surface area contributed by atoms with Crippen molar-refractivity contribution in [3.63, 3.8) is 0 Å². The number of carbonyl (C=O) groups excluding carboxylic acids is 2. The molecule has 0 aromatic heterocycles. The standard InChI is InChI=1S/C15H21NO3/c1-2-13(17)9-16-19-14(18)15-6-10-3-11(7-15)5-12(4-10)8-15/h9-12H,2-8H2,1H3/b16-9+. The number of carbonyl (C=O) groups is 2. The fourth-order valence-corrected chi connectivity index (χ4v) is 4.68. The zero-order valence-corrected chi connectivity index (χ0v) is 11.4. The Morgan fingerprint density at radius 1 is 1.16 bits per heavy atom. The highest BCUT2D eigenvalue weighted by molar-refractivity contribution is 6.27. The average Bonchev–Trinajstić information content (AvgIpc) is 2.36. The number of hydrogen-bond acceptors (Lipinski definition) is 4. The summed E-state index contributed by atoms with van der Waals surface area (Å²) < 4.78 is 0. The Kier molecular flexibility index (Phi) is 3.19. The SMILES string of the molecule is CCC(=O)/C=N/OC(=O)C12CC3CC(CC(C3)C1)C2. The second-order valence-corrected chi connectivity index (χ2v) is 6.63.